The number of tetrazole rings is 1. The van der Waals surface area contributed by atoms with Crippen molar-refractivity contribution in [2.45, 2.75) is 10.3 Å². The molecule has 0 aromatic carbocycles. The molecule has 9 nitrogen and oxygen atoms in total. The first-order chi connectivity index (χ1) is 8.06. The molecule has 2 aromatic rings. The molecule has 0 aliphatic heterocycles. The van der Waals surface area contributed by atoms with Gasteiger partial charge < -0.3 is 10.6 Å². The second-order valence-corrected chi connectivity index (χ2v) is 4.29. The minimum Gasteiger partial charge on any atom is -0.368 e. The maximum atomic E-state index is 5.60. The molecule has 90 valence electrons. The van der Waals surface area contributed by atoms with E-state index in [1.165, 1.54) is 16.4 Å². The minimum atomic E-state index is 0.168. The van der Waals surface area contributed by atoms with Crippen LogP contribution in [0.1, 0.15) is 0 Å². The molecule has 0 saturated carbocycles. The van der Waals surface area contributed by atoms with Crippen LogP contribution in [0.2, 0.25) is 0 Å². The van der Waals surface area contributed by atoms with Gasteiger partial charge in [0.1, 0.15) is 0 Å². The average molecular weight is 253 g/mol. The number of aryl methyl sites for hydroxylation is 1. The number of hydrogen-bond donors (Lipinski definition) is 1. The zero-order valence-corrected chi connectivity index (χ0v) is 10.4. The van der Waals surface area contributed by atoms with E-state index in [1.54, 1.807) is 11.9 Å². The van der Waals surface area contributed by atoms with Crippen LogP contribution in [0.25, 0.3) is 0 Å². The fraction of sp³-hybridized carbons (Fsp3) is 0.429. The van der Waals surface area contributed by atoms with Gasteiger partial charge in [0, 0.05) is 21.1 Å². The van der Waals surface area contributed by atoms with Gasteiger partial charge >= 0.3 is 0 Å². The van der Waals surface area contributed by atoms with E-state index >= 15 is 0 Å². The van der Waals surface area contributed by atoms with Crippen LogP contribution in [0, 0.1) is 0 Å². The first-order valence-electron chi connectivity index (χ1n) is 4.65. The molecule has 2 N–H and O–H groups in total. The highest BCUT2D eigenvalue weighted by Crippen LogP contribution is 2.22. The second kappa shape index (κ2) is 4.49. The van der Waals surface area contributed by atoms with Crippen molar-refractivity contribution >= 4 is 23.7 Å². The van der Waals surface area contributed by atoms with Gasteiger partial charge in [-0.15, -0.1) is 5.10 Å². The Kier molecular flexibility index (Phi) is 3.04. The van der Waals surface area contributed by atoms with Gasteiger partial charge in [-0.1, -0.05) is 0 Å². The Bertz CT molecular complexity index is 522. The molecule has 0 fully saturated rings. The van der Waals surface area contributed by atoms with Crippen molar-refractivity contribution in [3.63, 3.8) is 0 Å². The molecule has 2 aromatic heterocycles. The second-order valence-electron chi connectivity index (χ2n) is 3.36. The van der Waals surface area contributed by atoms with Crippen LogP contribution in [0.15, 0.2) is 10.3 Å². The summed E-state index contributed by atoms with van der Waals surface area (Å²) in [6.07, 6.45) is 0. The summed E-state index contributed by atoms with van der Waals surface area (Å²) < 4.78 is 1.53. The summed E-state index contributed by atoms with van der Waals surface area (Å²) >= 11 is 1.22. The Labute approximate surface area is 101 Å². The lowest BCUT2D eigenvalue weighted by atomic mass is 10.8. The zero-order chi connectivity index (χ0) is 12.4. The molecule has 0 bridgehead atoms. The molecule has 0 unspecified atom stereocenters. The topological polar surface area (TPSA) is 112 Å². The predicted octanol–water partition coefficient (Wildman–Crippen LogP) is -0.806. The number of anilines is 2. The normalized spacial score (nSPS) is 10.5. The van der Waals surface area contributed by atoms with Crippen LogP contribution in [-0.2, 0) is 7.05 Å². The van der Waals surface area contributed by atoms with Crippen LogP contribution in [-0.4, -0.2) is 49.3 Å². The van der Waals surface area contributed by atoms with Crippen LogP contribution < -0.4 is 10.6 Å². The number of nitrogens with two attached hydrogens (primary N) is 1. The average Bonchev–Trinajstić information content (AvgIpc) is 2.63. The Morgan fingerprint density at radius 3 is 2.59 bits per heavy atom. The molecule has 0 spiro atoms. The number of nitrogens with zero attached hydrogens (tertiary/aromatic N) is 8. The molecule has 10 heteroatoms. The van der Waals surface area contributed by atoms with Crippen LogP contribution in [0.5, 0.6) is 0 Å². The van der Waals surface area contributed by atoms with E-state index in [1.807, 2.05) is 14.1 Å². The minimum absolute atomic E-state index is 0.168. The van der Waals surface area contributed by atoms with Gasteiger partial charge in [-0.25, -0.2) is 4.68 Å². The Balaban J connectivity index is 2.30. The van der Waals surface area contributed by atoms with Gasteiger partial charge in [-0.2, -0.15) is 15.0 Å². The van der Waals surface area contributed by atoms with Gasteiger partial charge in [0.15, 0.2) is 0 Å². The molecule has 0 amide bonds. The summed E-state index contributed by atoms with van der Waals surface area (Å²) in [7, 11) is 5.39. The Hall–Kier alpha value is -1.97. The van der Waals surface area contributed by atoms with Crippen molar-refractivity contribution in [3.05, 3.63) is 0 Å². The van der Waals surface area contributed by atoms with E-state index in [9.17, 15) is 0 Å². The monoisotopic (exact) mass is 253 g/mol. The highest BCUT2D eigenvalue weighted by molar-refractivity contribution is 7.99. The van der Waals surface area contributed by atoms with E-state index in [2.05, 4.69) is 30.5 Å². The van der Waals surface area contributed by atoms with Crippen molar-refractivity contribution in [2.24, 2.45) is 7.05 Å². The molecule has 0 radical (unpaired) electrons. The van der Waals surface area contributed by atoms with Gasteiger partial charge in [0.05, 0.1) is 0 Å². The fourth-order valence-electron chi connectivity index (χ4n) is 0.996. The Morgan fingerprint density at radius 1 is 1.24 bits per heavy atom. The van der Waals surface area contributed by atoms with Crippen LogP contribution in [0.3, 0.4) is 0 Å². The van der Waals surface area contributed by atoms with E-state index in [4.69, 9.17) is 5.73 Å². The largest absolute Gasteiger partial charge is 0.368 e. The molecular weight excluding hydrogens is 242 g/mol. The van der Waals surface area contributed by atoms with E-state index in [0.29, 0.717) is 16.3 Å². The molecular formula is C7H11N9S. The van der Waals surface area contributed by atoms with Crippen molar-refractivity contribution in [2.75, 3.05) is 24.7 Å². The SMILES string of the molecule is CN(C)c1nc(N)nc(Sc2nnnn2C)n1. The van der Waals surface area contributed by atoms with Gasteiger partial charge in [0.25, 0.3) is 0 Å². The summed E-state index contributed by atoms with van der Waals surface area (Å²) in [6.45, 7) is 0. The third kappa shape index (κ3) is 2.58. The maximum Gasteiger partial charge on any atom is 0.230 e. The molecule has 2 rings (SSSR count). The lowest BCUT2D eigenvalue weighted by Gasteiger charge is -2.10. The van der Waals surface area contributed by atoms with Crippen molar-refractivity contribution in [1.82, 2.24) is 35.2 Å². The maximum absolute atomic E-state index is 5.60. The molecule has 0 saturated heterocycles. The van der Waals surface area contributed by atoms with E-state index in [-0.39, 0.29) is 5.95 Å². The highest BCUT2D eigenvalue weighted by atomic mass is 32.2. The van der Waals surface area contributed by atoms with Gasteiger partial charge in [0.2, 0.25) is 22.2 Å². The molecule has 0 aliphatic rings. The predicted molar refractivity (Wildman–Crippen MR) is 61.5 cm³/mol. The summed E-state index contributed by atoms with van der Waals surface area (Å²) in [6, 6.07) is 0. The standard InChI is InChI=1S/C7H11N9S/c1-15(2)5-9-4(8)10-6(11-5)17-7-12-13-14-16(7)3/h1-3H3,(H2,8,9,10,11). The Morgan fingerprint density at radius 2 is 2.00 bits per heavy atom. The third-order valence-electron chi connectivity index (χ3n) is 1.78. The molecule has 0 aliphatic carbocycles. The summed E-state index contributed by atoms with van der Waals surface area (Å²) in [4.78, 5) is 14.0. The summed E-state index contributed by atoms with van der Waals surface area (Å²) in [5.74, 6) is 0.663. The number of nitrogen functional groups attached to an aromatic ring is 1. The van der Waals surface area contributed by atoms with E-state index < -0.39 is 0 Å². The zero-order valence-electron chi connectivity index (χ0n) is 9.56. The summed E-state index contributed by atoms with van der Waals surface area (Å²) in [5, 5.41) is 12.1. The third-order valence-corrected chi connectivity index (χ3v) is 2.68. The number of aromatic nitrogens is 7. The van der Waals surface area contributed by atoms with Crippen molar-refractivity contribution in [1.29, 1.82) is 0 Å². The van der Waals surface area contributed by atoms with Crippen molar-refractivity contribution < 1.29 is 0 Å². The summed E-state index contributed by atoms with van der Waals surface area (Å²) in [5.41, 5.74) is 5.60. The molecule has 2 heterocycles. The smallest absolute Gasteiger partial charge is 0.230 e. The first kappa shape index (κ1) is 11.5. The molecule has 0 atom stereocenters. The number of rotatable bonds is 3. The molecule has 17 heavy (non-hydrogen) atoms. The van der Waals surface area contributed by atoms with Crippen molar-refractivity contribution in [3.8, 4) is 0 Å². The fourth-order valence-corrected chi connectivity index (χ4v) is 1.67. The van der Waals surface area contributed by atoms with Gasteiger partial charge in [-0.3, -0.25) is 0 Å². The van der Waals surface area contributed by atoms with E-state index in [0.717, 1.165) is 0 Å². The first-order valence-corrected chi connectivity index (χ1v) is 5.47. The van der Waals surface area contributed by atoms with Gasteiger partial charge in [-0.05, 0) is 22.2 Å². The highest BCUT2D eigenvalue weighted by Gasteiger charge is 2.11. The van der Waals surface area contributed by atoms with Crippen LogP contribution in [0.4, 0.5) is 11.9 Å². The van der Waals surface area contributed by atoms with Crippen LogP contribution >= 0.6 is 11.8 Å². The quantitative estimate of drug-likeness (QED) is 0.750. The number of hydrogen-bond acceptors (Lipinski definition) is 9. The lowest BCUT2D eigenvalue weighted by Crippen LogP contribution is -2.15. The lowest BCUT2D eigenvalue weighted by molar-refractivity contribution is 0.663.